The molecule has 2 aliphatic heterocycles. The Kier molecular flexibility index (Phi) is 5.89. The van der Waals surface area contributed by atoms with E-state index in [1.807, 2.05) is 9.80 Å². The van der Waals surface area contributed by atoms with Crippen LogP contribution in [0.3, 0.4) is 0 Å². The zero-order valence-corrected chi connectivity index (χ0v) is 14.5. The van der Waals surface area contributed by atoms with E-state index in [9.17, 15) is 14.0 Å². The van der Waals surface area contributed by atoms with Crippen molar-refractivity contribution in [2.24, 2.45) is 0 Å². The van der Waals surface area contributed by atoms with E-state index in [2.05, 4.69) is 5.32 Å². The number of carbonyl (C=O) groups is 2. The third-order valence-electron chi connectivity index (χ3n) is 5.18. The largest absolute Gasteiger partial charge is 0.343 e. The number of piperidine rings is 1. The summed E-state index contributed by atoms with van der Waals surface area (Å²) in [6, 6.07) is 6.51. The predicted molar refractivity (Wildman–Crippen MR) is 93.4 cm³/mol. The number of amides is 3. The van der Waals surface area contributed by atoms with E-state index in [-0.39, 0.29) is 30.3 Å². The Labute approximate surface area is 148 Å². The zero-order valence-electron chi connectivity index (χ0n) is 14.5. The Morgan fingerprint density at radius 3 is 2.80 bits per heavy atom. The fourth-order valence-corrected chi connectivity index (χ4v) is 3.73. The maximum atomic E-state index is 13.7. The second-order valence-electron chi connectivity index (χ2n) is 6.87. The Bertz CT molecular complexity index is 622. The van der Waals surface area contributed by atoms with Crippen LogP contribution in [0.25, 0.3) is 0 Å². The highest BCUT2D eigenvalue weighted by Gasteiger charge is 2.28. The minimum absolute atomic E-state index is 0.138. The van der Waals surface area contributed by atoms with Crippen LogP contribution in [0.15, 0.2) is 24.3 Å². The Balaban J connectivity index is 1.53. The molecule has 1 aromatic carbocycles. The predicted octanol–water partition coefficient (Wildman–Crippen LogP) is 2.90. The first kappa shape index (κ1) is 17.7. The first-order valence-corrected chi connectivity index (χ1v) is 9.21. The molecule has 136 valence electrons. The lowest BCUT2D eigenvalue weighted by atomic mass is 9.99. The maximum Gasteiger partial charge on any atom is 0.317 e. The van der Waals surface area contributed by atoms with Crippen molar-refractivity contribution in [1.82, 2.24) is 15.1 Å². The number of hydrogen-bond acceptors (Lipinski definition) is 2. The number of benzene rings is 1. The van der Waals surface area contributed by atoms with Crippen molar-refractivity contribution in [3.63, 3.8) is 0 Å². The minimum atomic E-state index is -0.300. The Morgan fingerprint density at radius 2 is 2.04 bits per heavy atom. The fourth-order valence-electron chi connectivity index (χ4n) is 3.73. The average molecular weight is 347 g/mol. The van der Waals surface area contributed by atoms with Gasteiger partial charge in [-0.15, -0.1) is 0 Å². The summed E-state index contributed by atoms with van der Waals surface area (Å²) in [5.74, 6) is -0.0723. The van der Waals surface area contributed by atoms with Crippen molar-refractivity contribution in [2.75, 3.05) is 19.6 Å². The van der Waals surface area contributed by atoms with Gasteiger partial charge in [0.15, 0.2) is 0 Å². The van der Waals surface area contributed by atoms with Crippen LogP contribution in [0.5, 0.6) is 0 Å². The van der Waals surface area contributed by atoms with Crippen molar-refractivity contribution in [1.29, 1.82) is 0 Å². The van der Waals surface area contributed by atoms with Gasteiger partial charge in [0.1, 0.15) is 5.82 Å². The van der Waals surface area contributed by atoms with Crippen LogP contribution in [0.1, 0.15) is 44.1 Å². The van der Waals surface area contributed by atoms with Gasteiger partial charge in [0.2, 0.25) is 5.91 Å². The van der Waals surface area contributed by atoms with Gasteiger partial charge in [0.05, 0.1) is 0 Å². The van der Waals surface area contributed by atoms with Crippen LogP contribution in [0, 0.1) is 5.82 Å². The molecule has 3 rings (SSSR count). The van der Waals surface area contributed by atoms with Crippen LogP contribution in [-0.2, 0) is 11.3 Å². The average Bonchev–Trinajstić information content (AvgIpc) is 3.04. The van der Waals surface area contributed by atoms with E-state index in [0.717, 1.165) is 51.7 Å². The highest BCUT2D eigenvalue weighted by molar-refractivity contribution is 5.78. The SMILES string of the molecule is O=C1CCCN1CCC1CCCCN1C(=O)NCc1ccccc1F. The van der Waals surface area contributed by atoms with Gasteiger partial charge in [-0.05, 0) is 38.2 Å². The Morgan fingerprint density at radius 1 is 1.20 bits per heavy atom. The van der Waals surface area contributed by atoms with Gasteiger partial charge >= 0.3 is 6.03 Å². The summed E-state index contributed by atoms with van der Waals surface area (Å²) in [4.78, 5) is 28.1. The van der Waals surface area contributed by atoms with E-state index in [1.54, 1.807) is 18.2 Å². The smallest absolute Gasteiger partial charge is 0.317 e. The van der Waals surface area contributed by atoms with Gasteiger partial charge in [-0.25, -0.2) is 9.18 Å². The summed E-state index contributed by atoms with van der Waals surface area (Å²) in [5.41, 5.74) is 0.493. The second-order valence-corrected chi connectivity index (χ2v) is 6.87. The quantitative estimate of drug-likeness (QED) is 0.890. The number of halogens is 1. The number of likely N-dealkylation sites (tertiary alicyclic amines) is 2. The molecule has 0 spiro atoms. The second kappa shape index (κ2) is 8.32. The molecule has 1 aromatic rings. The molecule has 3 amide bonds. The summed E-state index contributed by atoms with van der Waals surface area (Å²) in [6.07, 6.45) is 5.48. The van der Waals surface area contributed by atoms with Crippen LogP contribution in [-0.4, -0.2) is 47.4 Å². The highest BCUT2D eigenvalue weighted by Crippen LogP contribution is 2.21. The summed E-state index contributed by atoms with van der Waals surface area (Å²) in [6.45, 7) is 2.48. The van der Waals surface area contributed by atoms with E-state index in [0.29, 0.717) is 12.0 Å². The Hall–Kier alpha value is -2.11. The van der Waals surface area contributed by atoms with E-state index >= 15 is 0 Å². The molecule has 2 heterocycles. The first-order chi connectivity index (χ1) is 12.1. The van der Waals surface area contributed by atoms with Crippen molar-refractivity contribution >= 4 is 11.9 Å². The first-order valence-electron chi connectivity index (χ1n) is 9.21. The molecule has 0 bridgehead atoms. The molecule has 6 heteroatoms. The molecule has 2 saturated heterocycles. The molecule has 0 aromatic heterocycles. The summed E-state index contributed by atoms with van der Waals surface area (Å²) >= 11 is 0. The van der Waals surface area contributed by atoms with Crippen LogP contribution < -0.4 is 5.32 Å². The van der Waals surface area contributed by atoms with Gasteiger partial charge in [0.25, 0.3) is 0 Å². The number of rotatable bonds is 5. The molecule has 25 heavy (non-hydrogen) atoms. The van der Waals surface area contributed by atoms with Crippen molar-refractivity contribution < 1.29 is 14.0 Å². The summed E-state index contributed by atoms with van der Waals surface area (Å²) in [7, 11) is 0. The molecule has 2 aliphatic rings. The standard InChI is InChI=1S/C19H26FN3O2/c20-17-8-2-1-6-15(17)14-21-19(25)23-12-4-3-7-16(23)10-13-22-11-5-9-18(22)24/h1-2,6,8,16H,3-5,7,9-14H2,(H,21,25). The van der Waals surface area contributed by atoms with Crippen molar-refractivity contribution in [2.45, 2.75) is 51.1 Å². The van der Waals surface area contributed by atoms with Crippen LogP contribution in [0.4, 0.5) is 9.18 Å². The maximum absolute atomic E-state index is 13.7. The molecular formula is C19H26FN3O2. The third kappa shape index (κ3) is 4.50. The van der Waals surface area contributed by atoms with E-state index < -0.39 is 0 Å². The lowest BCUT2D eigenvalue weighted by Gasteiger charge is -2.36. The number of urea groups is 1. The van der Waals surface area contributed by atoms with Gasteiger partial charge in [0, 0.05) is 44.2 Å². The topological polar surface area (TPSA) is 52.7 Å². The highest BCUT2D eigenvalue weighted by atomic mass is 19.1. The van der Waals surface area contributed by atoms with E-state index in [1.165, 1.54) is 6.07 Å². The zero-order chi connectivity index (χ0) is 17.6. The van der Waals surface area contributed by atoms with Gasteiger partial charge < -0.3 is 15.1 Å². The van der Waals surface area contributed by atoms with Gasteiger partial charge in [-0.1, -0.05) is 18.2 Å². The lowest BCUT2D eigenvalue weighted by Crippen LogP contribution is -2.49. The molecule has 0 radical (unpaired) electrons. The molecule has 5 nitrogen and oxygen atoms in total. The molecule has 1 atom stereocenters. The van der Waals surface area contributed by atoms with Gasteiger partial charge in [-0.2, -0.15) is 0 Å². The third-order valence-corrected chi connectivity index (χ3v) is 5.18. The molecule has 1 N–H and O–H groups in total. The van der Waals surface area contributed by atoms with Crippen molar-refractivity contribution in [3.8, 4) is 0 Å². The molecule has 0 saturated carbocycles. The minimum Gasteiger partial charge on any atom is -0.343 e. The number of nitrogens with zero attached hydrogens (tertiary/aromatic N) is 2. The fraction of sp³-hybridized carbons (Fsp3) is 0.579. The number of carbonyl (C=O) groups excluding carboxylic acids is 2. The van der Waals surface area contributed by atoms with E-state index in [4.69, 9.17) is 0 Å². The number of hydrogen-bond donors (Lipinski definition) is 1. The summed E-state index contributed by atoms with van der Waals surface area (Å²) < 4.78 is 13.7. The van der Waals surface area contributed by atoms with Crippen molar-refractivity contribution in [3.05, 3.63) is 35.6 Å². The molecule has 2 fully saturated rings. The summed E-state index contributed by atoms with van der Waals surface area (Å²) in [5, 5.41) is 2.84. The normalized spacial score (nSPS) is 20.8. The lowest BCUT2D eigenvalue weighted by molar-refractivity contribution is -0.127. The van der Waals surface area contributed by atoms with Gasteiger partial charge in [-0.3, -0.25) is 4.79 Å². The monoisotopic (exact) mass is 347 g/mol. The molecular weight excluding hydrogens is 321 g/mol. The number of nitrogens with one attached hydrogen (secondary N) is 1. The van der Waals surface area contributed by atoms with Crippen LogP contribution >= 0.6 is 0 Å². The van der Waals surface area contributed by atoms with Crippen LogP contribution in [0.2, 0.25) is 0 Å². The molecule has 1 unspecified atom stereocenters. The molecule has 0 aliphatic carbocycles.